The van der Waals surface area contributed by atoms with Gasteiger partial charge in [-0.2, -0.15) is 0 Å². The van der Waals surface area contributed by atoms with Crippen molar-refractivity contribution in [2.24, 2.45) is 0 Å². The van der Waals surface area contributed by atoms with Gasteiger partial charge in [-0.25, -0.2) is 0 Å². The van der Waals surface area contributed by atoms with E-state index in [1.807, 2.05) is 0 Å². The molecule has 0 bridgehead atoms. The van der Waals surface area contributed by atoms with Crippen molar-refractivity contribution in [2.45, 2.75) is 12.8 Å². The van der Waals surface area contributed by atoms with E-state index in [9.17, 15) is 0 Å². The molecule has 0 amide bonds. The smallest absolute Gasteiger partial charge is 0.0207 e. The van der Waals surface area contributed by atoms with E-state index in [1.165, 1.54) is 15.6 Å². The van der Waals surface area contributed by atoms with Crippen LogP contribution in [0.4, 0.5) is 0 Å². The van der Waals surface area contributed by atoms with Crippen LogP contribution in [0.2, 0.25) is 0 Å². The average molecular weight is 261 g/mol. The first-order valence-electron chi connectivity index (χ1n) is 5.13. The lowest BCUT2D eigenvalue weighted by atomic mass is 10.0. The lowest BCUT2D eigenvalue weighted by Gasteiger charge is -2.04. The molecule has 15 heavy (non-hydrogen) atoms. The minimum Gasteiger partial charge on any atom is -0.0622 e. The van der Waals surface area contributed by atoms with Gasteiger partial charge in [0.25, 0.3) is 0 Å². The highest BCUT2D eigenvalue weighted by Gasteiger charge is 1.98. The zero-order chi connectivity index (χ0) is 10.5. The van der Waals surface area contributed by atoms with E-state index in [4.69, 9.17) is 0 Å². The molecule has 0 aromatic heterocycles. The predicted molar refractivity (Wildman–Crippen MR) is 68.0 cm³/mol. The second-order valence-electron chi connectivity index (χ2n) is 3.58. The van der Waals surface area contributed by atoms with Gasteiger partial charge in [0, 0.05) is 4.47 Å². The van der Waals surface area contributed by atoms with Crippen LogP contribution in [0.1, 0.15) is 11.1 Å². The third kappa shape index (κ3) is 2.93. The maximum Gasteiger partial charge on any atom is 0.0207 e. The number of hydrogen-bond donors (Lipinski definition) is 0. The number of halogens is 1. The molecule has 1 heteroatoms. The Morgan fingerprint density at radius 3 is 2.13 bits per heavy atom. The summed E-state index contributed by atoms with van der Waals surface area (Å²) < 4.78 is 1.21. The van der Waals surface area contributed by atoms with E-state index in [1.54, 1.807) is 0 Å². The Labute approximate surface area is 99.1 Å². The molecule has 0 N–H and O–H groups in total. The fraction of sp³-hybridized carbons (Fsp3) is 0.143. The van der Waals surface area contributed by atoms with Gasteiger partial charge < -0.3 is 0 Å². The van der Waals surface area contributed by atoms with Crippen LogP contribution in [0.3, 0.4) is 0 Å². The van der Waals surface area contributed by atoms with E-state index in [0.29, 0.717) is 0 Å². The summed E-state index contributed by atoms with van der Waals surface area (Å²) >= 11 is 3.57. The summed E-state index contributed by atoms with van der Waals surface area (Å²) in [6, 6.07) is 19.0. The standard InChI is InChI=1S/C14H13Br/c15-14-9-5-4-8-13(14)11-10-12-6-2-1-3-7-12/h1-9H,10-11H2. The summed E-state index contributed by atoms with van der Waals surface area (Å²) in [5, 5.41) is 0. The third-order valence-corrected chi connectivity index (χ3v) is 3.26. The molecule has 0 aliphatic heterocycles. The lowest BCUT2D eigenvalue weighted by molar-refractivity contribution is 0.955. The molecule has 0 saturated heterocycles. The van der Waals surface area contributed by atoms with Gasteiger partial charge in [-0.15, -0.1) is 0 Å². The summed E-state index contributed by atoms with van der Waals surface area (Å²) in [5.41, 5.74) is 2.77. The Bertz CT molecular complexity index is 420. The molecule has 0 aliphatic carbocycles. The molecular weight excluding hydrogens is 248 g/mol. The van der Waals surface area contributed by atoms with Crippen molar-refractivity contribution >= 4 is 15.9 Å². The fourth-order valence-corrected chi connectivity index (χ4v) is 2.11. The first kappa shape index (κ1) is 10.4. The molecule has 0 unspecified atom stereocenters. The Balaban J connectivity index is 2.03. The van der Waals surface area contributed by atoms with Crippen LogP contribution >= 0.6 is 15.9 Å². The highest BCUT2D eigenvalue weighted by Crippen LogP contribution is 2.17. The maximum absolute atomic E-state index is 3.57. The van der Waals surface area contributed by atoms with Crippen molar-refractivity contribution in [1.29, 1.82) is 0 Å². The topological polar surface area (TPSA) is 0 Å². The van der Waals surface area contributed by atoms with Crippen LogP contribution in [-0.4, -0.2) is 0 Å². The van der Waals surface area contributed by atoms with Crippen LogP contribution < -0.4 is 0 Å². The Morgan fingerprint density at radius 2 is 1.40 bits per heavy atom. The average Bonchev–Trinajstić information content (AvgIpc) is 2.29. The molecule has 2 rings (SSSR count). The molecule has 0 saturated carbocycles. The van der Waals surface area contributed by atoms with E-state index >= 15 is 0 Å². The van der Waals surface area contributed by atoms with Gasteiger partial charge in [0.2, 0.25) is 0 Å². The summed E-state index contributed by atoms with van der Waals surface area (Å²) in [6.07, 6.45) is 2.19. The lowest BCUT2D eigenvalue weighted by Crippen LogP contribution is -1.91. The van der Waals surface area contributed by atoms with Crippen molar-refractivity contribution in [3.63, 3.8) is 0 Å². The summed E-state index contributed by atoms with van der Waals surface area (Å²) in [4.78, 5) is 0. The number of aryl methyl sites for hydroxylation is 2. The molecule has 0 heterocycles. The monoisotopic (exact) mass is 260 g/mol. The summed E-state index contributed by atoms with van der Waals surface area (Å²) in [7, 11) is 0. The Hall–Kier alpha value is -1.08. The molecule has 0 atom stereocenters. The molecular formula is C14H13Br. The zero-order valence-corrected chi connectivity index (χ0v) is 10.1. The van der Waals surface area contributed by atoms with Gasteiger partial charge in [0.15, 0.2) is 0 Å². The quantitative estimate of drug-likeness (QED) is 0.775. The Kier molecular flexibility index (Phi) is 3.57. The van der Waals surface area contributed by atoms with Gasteiger partial charge in [-0.3, -0.25) is 0 Å². The first-order valence-corrected chi connectivity index (χ1v) is 5.93. The molecule has 76 valence electrons. The number of benzene rings is 2. The van der Waals surface area contributed by atoms with Crippen molar-refractivity contribution < 1.29 is 0 Å². The molecule has 0 nitrogen and oxygen atoms in total. The van der Waals surface area contributed by atoms with Crippen LogP contribution in [0.25, 0.3) is 0 Å². The van der Waals surface area contributed by atoms with E-state index in [-0.39, 0.29) is 0 Å². The minimum absolute atomic E-state index is 1.09. The Morgan fingerprint density at radius 1 is 0.733 bits per heavy atom. The number of hydrogen-bond acceptors (Lipinski definition) is 0. The van der Waals surface area contributed by atoms with Gasteiger partial charge in [-0.05, 0) is 30.0 Å². The van der Waals surface area contributed by atoms with Gasteiger partial charge in [-0.1, -0.05) is 64.5 Å². The second-order valence-corrected chi connectivity index (χ2v) is 4.43. The molecule has 2 aromatic rings. The first-order chi connectivity index (χ1) is 7.36. The second kappa shape index (κ2) is 5.13. The van der Waals surface area contributed by atoms with Gasteiger partial charge in [0.1, 0.15) is 0 Å². The van der Waals surface area contributed by atoms with Crippen LogP contribution in [0.15, 0.2) is 59.1 Å². The van der Waals surface area contributed by atoms with Crippen molar-refractivity contribution in [3.05, 3.63) is 70.2 Å². The minimum atomic E-state index is 1.09. The van der Waals surface area contributed by atoms with Gasteiger partial charge >= 0.3 is 0 Å². The molecule has 0 radical (unpaired) electrons. The molecule has 0 spiro atoms. The van der Waals surface area contributed by atoms with E-state index < -0.39 is 0 Å². The van der Waals surface area contributed by atoms with Crippen molar-refractivity contribution in [3.8, 4) is 0 Å². The highest BCUT2D eigenvalue weighted by molar-refractivity contribution is 9.10. The normalized spacial score (nSPS) is 10.2. The van der Waals surface area contributed by atoms with Crippen molar-refractivity contribution in [1.82, 2.24) is 0 Å². The van der Waals surface area contributed by atoms with Gasteiger partial charge in [0.05, 0.1) is 0 Å². The molecule has 0 aliphatic rings. The summed E-state index contributed by atoms with van der Waals surface area (Å²) in [6.45, 7) is 0. The van der Waals surface area contributed by atoms with Crippen LogP contribution in [0, 0.1) is 0 Å². The molecule has 0 fully saturated rings. The number of rotatable bonds is 3. The molecule has 2 aromatic carbocycles. The van der Waals surface area contributed by atoms with E-state index in [0.717, 1.165) is 12.8 Å². The van der Waals surface area contributed by atoms with Crippen LogP contribution in [0.5, 0.6) is 0 Å². The summed E-state index contributed by atoms with van der Waals surface area (Å²) in [5.74, 6) is 0. The largest absolute Gasteiger partial charge is 0.0622 e. The fourth-order valence-electron chi connectivity index (χ4n) is 1.62. The predicted octanol–water partition coefficient (Wildman–Crippen LogP) is 4.23. The highest BCUT2D eigenvalue weighted by atomic mass is 79.9. The maximum atomic E-state index is 3.57. The van der Waals surface area contributed by atoms with Crippen molar-refractivity contribution in [2.75, 3.05) is 0 Å². The van der Waals surface area contributed by atoms with E-state index in [2.05, 4.69) is 70.5 Å². The van der Waals surface area contributed by atoms with Crippen LogP contribution in [-0.2, 0) is 12.8 Å². The SMILES string of the molecule is Brc1ccccc1CCc1ccccc1. The zero-order valence-electron chi connectivity index (χ0n) is 8.49. The third-order valence-electron chi connectivity index (χ3n) is 2.48.